The molecule has 5 nitrogen and oxygen atoms in total. The van der Waals surface area contributed by atoms with Crippen LogP contribution in [0.4, 0.5) is 17.2 Å². The van der Waals surface area contributed by atoms with Gasteiger partial charge in [0.25, 0.3) is 0 Å². The number of benzene rings is 3. The molecule has 0 saturated heterocycles. The van der Waals surface area contributed by atoms with Gasteiger partial charge in [-0.1, -0.05) is 42.5 Å². The van der Waals surface area contributed by atoms with E-state index in [9.17, 15) is 0 Å². The summed E-state index contributed by atoms with van der Waals surface area (Å²) in [6, 6.07) is 32.3. The highest BCUT2D eigenvalue weighted by Crippen LogP contribution is 2.41. The number of nitrogens with zero attached hydrogens (tertiary/aromatic N) is 3. The number of anilines is 3. The van der Waals surface area contributed by atoms with Crippen LogP contribution in [0, 0.1) is 0 Å². The van der Waals surface area contributed by atoms with Crippen molar-refractivity contribution < 1.29 is 8.83 Å². The number of hydrogen-bond donors (Lipinski definition) is 0. The van der Waals surface area contributed by atoms with Crippen molar-refractivity contribution in [2.24, 2.45) is 0 Å². The summed E-state index contributed by atoms with van der Waals surface area (Å²) in [5.41, 5.74) is 5.70. The fourth-order valence-corrected chi connectivity index (χ4v) is 4.47. The summed E-state index contributed by atoms with van der Waals surface area (Å²) in [5.74, 6) is 0.779. The Morgan fingerprint density at radius 3 is 2.36 bits per heavy atom. The van der Waals surface area contributed by atoms with Crippen LogP contribution in [0.3, 0.4) is 0 Å². The molecule has 7 rings (SSSR count). The predicted molar refractivity (Wildman–Crippen MR) is 131 cm³/mol. The molecule has 0 aliphatic heterocycles. The Hall–Kier alpha value is -4.64. The minimum Gasteiger partial charge on any atom is -0.454 e. The van der Waals surface area contributed by atoms with Gasteiger partial charge in [0.15, 0.2) is 11.2 Å². The molecule has 0 fully saturated rings. The highest BCUT2D eigenvalue weighted by atomic mass is 16.3. The Morgan fingerprint density at radius 2 is 1.42 bits per heavy atom. The van der Waals surface area contributed by atoms with E-state index in [-0.39, 0.29) is 0 Å². The van der Waals surface area contributed by atoms with E-state index >= 15 is 0 Å². The van der Waals surface area contributed by atoms with E-state index in [0.717, 1.165) is 55.6 Å². The summed E-state index contributed by atoms with van der Waals surface area (Å²) < 4.78 is 12.3. The number of fused-ring (bicyclic) bond motifs is 6. The second-order valence-corrected chi connectivity index (χ2v) is 7.90. The Bertz CT molecular complexity index is 1780. The minimum absolute atomic E-state index is 0.622. The first-order chi connectivity index (χ1) is 16.4. The second kappa shape index (κ2) is 6.93. The predicted octanol–water partition coefficient (Wildman–Crippen LogP) is 7.75. The molecule has 4 heterocycles. The van der Waals surface area contributed by atoms with E-state index in [0.29, 0.717) is 5.71 Å². The summed E-state index contributed by atoms with van der Waals surface area (Å²) in [5, 5.41) is 3.01. The van der Waals surface area contributed by atoms with Gasteiger partial charge in [-0.15, -0.1) is 0 Å². The van der Waals surface area contributed by atoms with Gasteiger partial charge in [-0.05, 0) is 54.6 Å². The van der Waals surface area contributed by atoms with E-state index in [4.69, 9.17) is 13.8 Å². The quantitative estimate of drug-likeness (QED) is 0.289. The second-order valence-electron chi connectivity index (χ2n) is 7.90. The molecule has 0 N–H and O–H groups in total. The molecule has 0 unspecified atom stereocenters. The topological polar surface area (TPSA) is 55.3 Å². The van der Waals surface area contributed by atoms with Gasteiger partial charge in [0.2, 0.25) is 5.71 Å². The van der Waals surface area contributed by atoms with E-state index in [1.165, 1.54) is 0 Å². The zero-order valence-electron chi connectivity index (χ0n) is 17.5. The van der Waals surface area contributed by atoms with Crippen LogP contribution < -0.4 is 4.90 Å². The van der Waals surface area contributed by atoms with Gasteiger partial charge in [0.05, 0.1) is 5.69 Å². The van der Waals surface area contributed by atoms with Crippen LogP contribution in [-0.4, -0.2) is 9.97 Å². The van der Waals surface area contributed by atoms with Gasteiger partial charge < -0.3 is 8.83 Å². The fourth-order valence-electron chi connectivity index (χ4n) is 4.47. The highest BCUT2D eigenvalue weighted by molar-refractivity contribution is 6.09. The average Bonchev–Trinajstić information content (AvgIpc) is 3.44. The maximum Gasteiger partial charge on any atom is 0.227 e. The lowest BCUT2D eigenvalue weighted by Crippen LogP contribution is -2.11. The third-order valence-corrected chi connectivity index (χ3v) is 5.94. The summed E-state index contributed by atoms with van der Waals surface area (Å²) in [4.78, 5) is 11.6. The smallest absolute Gasteiger partial charge is 0.227 e. The van der Waals surface area contributed by atoms with Gasteiger partial charge in [0, 0.05) is 28.0 Å². The third kappa shape index (κ3) is 2.72. The number of aromatic nitrogens is 2. The molecule has 5 heteroatoms. The average molecular weight is 427 g/mol. The van der Waals surface area contributed by atoms with Gasteiger partial charge in [0.1, 0.15) is 16.9 Å². The maximum atomic E-state index is 6.25. The summed E-state index contributed by atoms with van der Waals surface area (Å²) >= 11 is 0. The zero-order chi connectivity index (χ0) is 21.8. The summed E-state index contributed by atoms with van der Waals surface area (Å²) in [7, 11) is 0. The zero-order valence-corrected chi connectivity index (χ0v) is 17.5. The van der Waals surface area contributed by atoms with Gasteiger partial charge in [-0.3, -0.25) is 4.90 Å². The molecule has 156 valence electrons. The first-order valence-electron chi connectivity index (χ1n) is 10.8. The highest BCUT2D eigenvalue weighted by Gasteiger charge is 2.21. The molecule has 0 spiro atoms. The summed E-state index contributed by atoms with van der Waals surface area (Å²) in [6.45, 7) is 0. The monoisotopic (exact) mass is 427 g/mol. The molecule has 3 aromatic carbocycles. The van der Waals surface area contributed by atoms with Crippen LogP contribution in [0.2, 0.25) is 0 Å². The normalized spacial score (nSPS) is 11.6. The Balaban J connectivity index is 1.53. The van der Waals surface area contributed by atoms with Crippen molar-refractivity contribution >= 4 is 61.3 Å². The molecule has 0 radical (unpaired) electrons. The molecule has 0 aliphatic rings. The van der Waals surface area contributed by atoms with E-state index in [1.54, 1.807) is 6.20 Å². The van der Waals surface area contributed by atoms with Crippen LogP contribution in [-0.2, 0) is 0 Å². The lowest BCUT2D eigenvalue weighted by atomic mass is 10.1. The number of pyridine rings is 2. The molecule has 0 saturated carbocycles. The van der Waals surface area contributed by atoms with Crippen molar-refractivity contribution in [3.63, 3.8) is 0 Å². The first kappa shape index (κ1) is 18.0. The lowest BCUT2D eigenvalue weighted by molar-refractivity contribution is 0.654. The molecule has 0 aliphatic carbocycles. The maximum absolute atomic E-state index is 6.25. The van der Waals surface area contributed by atoms with E-state index in [1.807, 2.05) is 72.8 Å². The Labute approximate surface area is 188 Å². The number of rotatable bonds is 3. The van der Waals surface area contributed by atoms with Gasteiger partial charge in [-0.25, -0.2) is 9.97 Å². The number of furan rings is 2. The van der Waals surface area contributed by atoms with Crippen LogP contribution in [0.25, 0.3) is 44.1 Å². The van der Waals surface area contributed by atoms with Crippen molar-refractivity contribution in [3.8, 4) is 0 Å². The SMILES string of the molecule is c1ccc(N(c2ccc3oc4ccccc4c3n2)c2cccc3c2oc2ncccc23)cc1. The first-order valence-corrected chi connectivity index (χ1v) is 10.8. The molecule has 33 heavy (non-hydrogen) atoms. The standard InChI is InChI=1S/C28H17N3O2/c1-2-8-18(9-3-1)31(22-13-6-11-19-20-12-7-17-29-28(20)33-27(19)22)25-16-15-24-26(30-25)21-10-4-5-14-23(21)32-24/h1-17H. The molecular weight excluding hydrogens is 410 g/mol. The van der Waals surface area contributed by atoms with E-state index < -0.39 is 0 Å². The fraction of sp³-hybridized carbons (Fsp3) is 0. The largest absolute Gasteiger partial charge is 0.454 e. The van der Waals surface area contributed by atoms with Crippen LogP contribution in [0.15, 0.2) is 112 Å². The minimum atomic E-state index is 0.622. The summed E-state index contributed by atoms with van der Waals surface area (Å²) in [6.07, 6.45) is 1.75. The van der Waals surface area contributed by atoms with Crippen LogP contribution >= 0.6 is 0 Å². The van der Waals surface area contributed by atoms with Gasteiger partial charge in [-0.2, -0.15) is 0 Å². The Morgan fingerprint density at radius 1 is 0.606 bits per heavy atom. The van der Waals surface area contributed by atoms with Crippen LogP contribution in [0.5, 0.6) is 0 Å². The van der Waals surface area contributed by atoms with E-state index in [2.05, 4.69) is 34.1 Å². The van der Waals surface area contributed by atoms with Crippen LogP contribution in [0.1, 0.15) is 0 Å². The van der Waals surface area contributed by atoms with Crippen molar-refractivity contribution in [1.29, 1.82) is 0 Å². The molecule has 0 atom stereocenters. The number of hydrogen-bond acceptors (Lipinski definition) is 5. The van der Waals surface area contributed by atoms with Crippen molar-refractivity contribution in [1.82, 2.24) is 9.97 Å². The van der Waals surface area contributed by atoms with Crippen molar-refractivity contribution in [3.05, 3.63) is 103 Å². The Kier molecular flexibility index (Phi) is 3.78. The van der Waals surface area contributed by atoms with Crippen molar-refractivity contribution in [2.45, 2.75) is 0 Å². The van der Waals surface area contributed by atoms with Crippen molar-refractivity contribution in [2.75, 3.05) is 4.90 Å². The lowest BCUT2D eigenvalue weighted by Gasteiger charge is -2.24. The third-order valence-electron chi connectivity index (χ3n) is 5.94. The molecular formula is C28H17N3O2. The number of para-hydroxylation sites is 3. The molecule has 4 aromatic heterocycles. The molecule has 0 bridgehead atoms. The van der Waals surface area contributed by atoms with Gasteiger partial charge >= 0.3 is 0 Å². The molecule has 0 amide bonds. The molecule has 7 aromatic rings.